The molecule has 3 amide bonds. The summed E-state index contributed by atoms with van der Waals surface area (Å²) in [6.45, 7) is 2.47. The van der Waals surface area contributed by atoms with E-state index in [0.29, 0.717) is 42.3 Å². The molecule has 2 N–H and O–H groups in total. The van der Waals surface area contributed by atoms with Crippen LogP contribution in [0.25, 0.3) is 0 Å². The van der Waals surface area contributed by atoms with Crippen molar-refractivity contribution >= 4 is 36.1 Å². The minimum atomic E-state index is -0.631. The molecule has 0 aliphatic rings. The summed E-state index contributed by atoms with van der Waals surface area (Å²) in [6.07, 6.45) is 0.588. The van der Waals surface area contributed by atoms with Crippen molar-refractivity contribution in [3.05, 3.63) is 89.2 Å². The van der Waals surface area contributed by atoms with Crippen LogP contribution in [0, 0.1) is 17.1 Å². The average molecular weight is 479 g/mol. The Kier molecular flexibility index (Phi) is 8.48. The van der Waals surface area contributed by atoms with Crippen molar-refractivity contribution in [2.75, 3.05) is 22.8 Å². The fourth-order valence-electron chi connectivity index (χ4n) is 3.11. The summed E-state index contributed by atoms with van der Waals surface area (Å²) in [5.41, 5.74) is 2.23. The number of carbonyl (C=O) groups excluding carboxylic acids is 2. The smallest absolute Gasteiger partial charge is 0.331 e. The minimum Gasteiger partial charge on any atom is -0.492 e. The lowest BCUT2D eigenvalue weighted by atomic mass is 10.1. The van der Waals surface area contributed by atoms with E-state index in [4.69, 9.17) is 10.00 Å². The number of nitrogens with zero attached hydrogens (tertiary/aromatic N) is 2. The van der Waals surface area contributed by atoms with Gasteiger partial charge in [0.15, 0.2) is 0 Å². The lowest BCUT2D eigenvalue weighted by Crippen LogP contribution is -2.35. The van der Waals surface area contributed by atoms with Crippen LogP contribution in [0.1, 0.15) is 28.4 Å². The molecule has 0 radical (unpaired) electrons. The van der Waals surface area contributed by atoms with Crippen molar-refractivity contribution in [3.8, 4) is 11.8 Å². The molecule has 174 valence electrons. The van der Waals surface area contributed by atoms with Gasteiger partial charge in [-0.3, -0.25) is 4.79 Å². The van der Waals surface area contributed by atoms with Crippen LogP contribution in [0.4, 0.5) is 20.6 Å². The lowest BCUT2D eigenvalue weighted by molar-refractivity contribution is 0.102. The first kappa shape index (κ1) is 24.6. The van der Waals surface area contributed by atoms with Crippen molar-refractivity contribution in [3.63, 3.8) is 0 Å². The van der Waals surface area contributed by atoms with E-state index < -0.39 is 17.8 Å². The summed E-state index contributed by atoms with van der Waals surface area (Å²) in [7, 11) is 0. The first-order valence-electron chi connectivity index (χ1n) is 10.5. The number of rotatable bonds is 8. The fraction of sp³-hybridized carbons (Fsp3) is 0.160. The molecule has 0 heterocycles. The maximum atomic E-state index is 13.9. The highest BCUT2D eigenvalue weighted by Gasteiger charge is 2.17. The van der Waals surface area contributed by atoms with Crippen LogP contribution < -0.4 is 19.7 Å². The largest absolute Gasteiger partial charge is 0.492 e. The third-order valence-corrected chi connectivity index (χ3v) is 5.25. The molecule has 0 saturated carbocycles. The van der Waals surface area contributed by atoms with Gasteiger partial charge in [-0.05, 0) is 55.3 Å². The second kappa shape index (κ2) is 11.7. The number of amides is 3. The number of hydrogen-bond donors (Lipinski definition) is 3. The maximum Gasteiger partial charge on any atom is 0.331 e. The zero-order chi connectivity index (χ0) is 24.5. The number of ether oxygens (including phenoxy) is 1. The fourth-order valence-corrected chi connectivity index (χ4v) is 3.30. The second-order valence-electron chi connectivity index (χ2n) is 7.15. The van der Waals surface area contributed by atoms with Crippen LogP contribution in [0.3, 0.4) is 0 Å². The number of hydrogen-bond acceptors (Lipinski definition) is 5. The molecule has 0 aliphatic heterocycles. The Labute approximate surface area is 202 Å². The first-order valence-corrected chi connectivity index (χ1v) is 10.9. The minimum absolute atomic E-state index is 0.0912. The van der Waals surface area contributed by atoms with Gasteiger partial charge in [0.2, 0.25) is 0 Å². The zero-order valence-corrected chi connectivity index (χ0v) is 19.3. The Bertz CT molecular complexity index is 1210. The van der Waals surface area contributed by atoms with E-state index in [-0.39, 0.29) is 5.56 Å². The molecule has 0 aromatic heterocycles. The average Bonchev–Trinajstić information content (AvgIpc) is 2.85. The van der Waals surface area contributed by atoms with Gasteiger partial charge in [-0.1, -0.05) is 37.1 Å². The molecule has 0 fully saturated rings. The van der Waals surface area contributed by atoms with Gasteiger partial charge >= 0.3 is 6.03 Å². The molecule has 0 atom stereocenters. The first-order chi connectivity index (χ1) is 16.4. The summed E-state index contributed by atoms with van der Waals surface area (Å²) in [5, 5.41) is 14.3. The van der Waals surface area contributed by atoms with Gasteiger partial charge in [0.1, 0.15) is 11.6 Å². The van der Waals surface area contributed by atoms with Gasteiger partial charge in [0, 0.05) is 12.6 Å². The van der Waals surface area contributed by atoms with Crippen LogP contribution in [0.15, 0.2) is 66.7 Å². The number of thiol groups is 1. The van der Waals surface area contributed by atoms with Crippen molar-refractivity contribution in [1.82, 2.24) is 5.32 Å². The van der Waals surface area contributed by atoms with E-state index in [1.807, 2.05) is 12.1 Å². The van der Waals surface area contributed by atoms with E-state index in [2.05, 4.69) is 29.5 Å². The Morgan fingerprint density at radius 1 is 1.12 bits per heavy atom. The standard InChI is InChI=1S/C25H23FN4O3S/c1-2-33-23-15-19(11-12-22(23)29-24(31)20-5-3-4-6-21(20)26)30(34)25(32)28-14-13-17-7-9-18(16-27)10-8-17/h3-12,15,34H,2,13-14H2,1H3,(H,28,32)(H,29,31). The predicted molar refractivity (Wildman–Crippen MR) is 132 cm³/mol. The second-order valence-corrected chi connectivity index (χ2v) is 7.55. The molecule has 0 spiro atoms. The molecule has 3 rings (SSSR count). The van der Waals surface area contributed by atoms with Crippen molar-refractivity contribution in [1.29, 1.82) is 5.26 Å². The molecule has 0 unspecified atom stereocenters. The molecule has 3 aromatic rings. The van der Waals surface area contributed by atoms with E-state index in [0.717, 1.165) is 9.87 Å². The van der Waals surface area contributed by atoms with Crippen LogP contribution in [-0.4, -0.2) is 25.1 Å². The third kappa shape index (κ3) is 6.27. The van der Waals surface area contributed by atoms with Gasteiger partial charge in [-0.15, -0.1) is 0 Å². The van der Waals surface area contributed by atoms with Crippen LogP contribution in [-0.2, 0) is 6.42 Å². The van der Waals surface area contributed by atoms with Gasteiger partial charge in [-0.25, -0.2) is 13.5 Å². The number of urea groups is 1. The van der Waals surface area contributed by atoms with Gasteiger partial charge in [0.05, 0.1) is 35.2 Å². The van der Waals surface area contributed by atoms with Crippen LogP contribution in [0.2, 0.25) is 0 Å². The molecule has 3 aromatic carbocycles. The van der Waals surface area contributed by atoms with E-state index in [1.54, 1.807) is 43.3 Å². The zero-order valence-electron chi connectivity index (χ0n) is 18.4. The Balaban J connectivity index is 1.65. The monoisotopic (exact) mass is 478 g/mol. The molecule has 7 nitrogen and oxygen atoms in total. The predicted octanol–water partition coefficient (Wildman–Crippen LogP) is 4.95. The van der Waals surface area contributed by atoms with Gasteiger partial charge in [-0.2, -0.15) is 5.26 Å². The molecule has 0 saturated heterocycles. The molecular weight excluding hydrogens is 455 g/mol. The van der Waals surface area contributed by atoms with Gasteiger partial charge < -0.3 is 15.4 Å². The van der Waals surface area contributed by atoms with Crippen molar-refractivity contribution in [2.45, 2.75) is 13.3 Å². The van der Waals surface area contributed by atoms with Crippen molar-refractivity contribution in [2.24, 2.45) is 0 Å². The number of nitrogens with one attached hydrogen (secondary N) is 2. The third-order valence-electron chi connectivity index (χ3n) is 4.84. The Morgan fingerprint density at radius 3 is 2.53 bits per heavy atom. The van der Waals surface area contributed by atoms with E-state index >= 15 is 0 Å². The normalized spacial score (nSPS) is 10.2. The number of benzene rings is 3. The Morgan fingerprint density at radius 2 is 1.85 bits per heavy atom. The topological polar surface area (TPSA) is 94.5 Å². The number of carbonyl (C=O) groups is 2. The number of nitriles is 1. The highest BCUT2D eigenvalue weighted by Crippen LogP contribution is 2.31. The Hall–Kier alpha value is -4.03. The molecular formula is C25H23FN4O3S. The molecule has 0 bridgehead atoms. The lowest BCUT2D eigenvalue weighted by Gasteiger charge is -2.19. The summed E-state index contributed by atoms with van der Waals surface area (Å²) < 4.78 is 20.7. The summed E-state index contributed by atoms with van der Waals surface area (Å²) >= 11 is 4.28. The maximum absolute atomic E-state index is 13.9. The SMILES string of the molecule is CCOc1cc(N(S)C(=O)NCCc2ccc(C#N)cc2)ccc1NC(=O)c1ccccc1F. The highest BCUT2D eigenvalue weighted by atomic mass is 32.1. The van der Waals surface area contributed by atoms with E-state index in [1.165, 1.54) is 18.2 Å². The van der Waals surface area contributed by atoms with Crippen LogP contribution in [0.5, 0.6) is 5.75 Å². The number of anilines is 2. The molecule has 9 heteroatoms. The number of halogens is 1. The summed E-state index contributed by atoms with van der Waals surface area (Å²) in [4.78, 5) is 25.0. The molecule has 0 aliphatic carbocycles. The van der Waals surface area contributed by atoms with Gasteiger partial charge in [0.25, 0.3) is 5.91 Å². The highest BCUT2D eigenvalue weighted by molar-refractivity contribution is 7.82. The summed E-state index contributed by atoms with van der Waals surface area (Å²) in [6, 6.07) is 19.1. The summed E-state index contributed by atoms with van der Waals surface area (Å²) in [5.74, 6) is -0.932. The van der Waals surface area contributed by atoms with Crippen molar-refractivity contribution < 1.29 is 18.7 Å². The van der Waals surface area contributed by atoms with E-state index in [9.17, 15) is 14.0 Å². The molecule has 34 heavy (non-hydrogen) atoms. The van der Waals surface area contributed by atoms with Crippen LogP contribution >= 0.6 is 12.8 Å². The quantitative estimate of drug-likeness (QED) is 0.399.